The number of esters is 1. The molecule has 0 atom stereocenters. The fourth-order valence-electron chi connectivity index (χ4n) is 1.49. The molecule has 0 aliphatic carbocycles. The Labute approximate surface area is 121 Å². The van der Waals surface area contributed by atoms with E-state index < -0.39 is 18.0 Å². The number of urea groups is 1. The molecule has 0 aliphatic rings. The standard InChI is InChI=1S/C13H16N2O6/c1-20-10-7-8(12(18)21-2)3-4-9(10)15-13(19)14-6-5-11(16)17/h3-4,7H,5-6H2,1-2H3,(H,16,17)(H2,14,15,19). The number of amides is 2. The van der Waals surface area contributed by atoms with Gasteiger partial charge in [0.2, 0.25) is 0 Å². The van der Waals surface area contributed by atoms with Crippen molar-refractivity contribution in [1.82, 2.24) is 5.32 Å². The van der Waals surface area contributed by atoms with Crippen molar-refractivity contribution in [1.29, 1.82) is 0 Å². The van der Waals surface area contributed by atoms with Crippen molar-refractivity contribution in [3.8, 4) is 5.75 Å². The van der Waals surface area contributed by atoms with Crippen molar-refractivity contribution in [3.63, 3.8) is 0 Å². The molecule has 3 N–H and O–H groups in total. The molecule has 8 nitrogen and oxygen atoms in total. The molecule has 0 aromatic heterocycles. The number of aliphatic carboxylic acids is 1. The number of anilines is 1. The maximum Gasteiger partial charge on any atom is 0.337 e. The first-order valence-corrected chi connectivity index (χ1v) is 6.01. The van der Waals surface area contributed by atoms with Crippen LogP contribution in [0.15, 0.2) is 18.2 Å². The largest absolute Gasteiger partial charge is 0.495 e. The fraction of sp³-hybridized carbons (Fsp3) is 0.308. The molecule has 8 heteroatoms. The third kappa shape index (κ3) is 5.01. The van der Waals surface area contributed by atoms with E-state index in [-0.39, 0.29) is 24.3 Å². The van der Waals surface area contributed by atoms with E-state index in [1.807, 2.05) is 0 Å². The van der Waals surface area contributed by atoms with Gasteiger partial charge in [0.1, 0.15) is 5.75 Å². The molecule has 0 bridgehead atoms. The average Bonchev–Trinajstić information content (AvgIpc) is 2.46. The lowest BCUT2D eigenvalue weighted by Crippen LogP contribution is -2.30. The van der Waals surface area contributed by atoms with Crippen LogP contribution in [-0.4, -0.2) is 43.8 Å². The van der Waals surface area contributed by atoms with Gasteiger partial charge in [0, 0.05) is 6.54 Å². The summed E-state index contributed by atoms with van der Waals surface area (Å²) in [6.07, 6.45) is -0.175. The highest BCUT2D eigenvalue weighted by Crippen LogP contribution is 2.25. The quantitative estimate of drug-likeness (QED) is 0.677. The summed E-state index contributed by atoms with van der Waals surface area (Å²) in [5, 5.41) is 13.4. The number of carboxylic acid groups (broad SMARTS) is 1. The molecule has 2 amide bonds. The van der Waals surface area contributed by atoms with E-state index in [1.54, 1.807) is 0 Å². The van der Waals surface area contributed by atoms with E-state index in [0.29, 0.717) is 5.69 Å². The van der Waals surface area contributed by atoms with Crippen molar-refractivity contribution in [2.45, 2.75) is 6.42 Å². The number of carbonyl (C=O) groups excluding carboxylic acids is 2. The fourth-order valence-corrected chi connectivity index (χ4v) is 1.49. The molecule has 21 heavy (non-hydrogen) atoms. The van der Waals surface area contributed by atoms with Gasteiger partial charge in [-0.1, -0.05) is 0 Å². The molecule has 0 saturated carbocycles. The van der Waals surface area contributed by atoms with E-state index in [1.165, 1.54) is 32.4 Å². The van der Waals surface area contributed by atoms with Crippen LogP contribution >= 0.6 is 0 Å². The van der Waals surface area contributed by atoms with E-state index >= 15 is 0 Å². The van der Waals surface area contributed by atoms with Crippen LogP contribution in [-0.2, 0) is 9.53 Å². The molecule has 1 aromatic carbocycles. The second kappa shape index (κ2) is 7.73. The number of nitrogens with one attached hydrogen (secondary N) is 2. The highest BCUT2D eigenvalue weighted by atomic mass is 16.5. The number of hydrogen-bond acceptors (Lipinski definition) is 5. The van der Waals surface area contributed by atoms with Crippen LogP contribution in [0.4, 0.5) is 10.5 Å². The minimum Gasteiger partial charge on any atom is -0.495 e. The molecular formula is C13H16N2O6. The van der Waals surface area contributed by atoms with Gasteiger partial charge >= 0.3 is 18.0 Å². The maximum absolute atomic E-state index is 11.6. The number of ether oxygens (including phenoxy) is 2. The minimum atomic E-state index is -1.00. The Morgan fingerprint density at radius 3 is 2.52 bits per heavy atom. The smallest absolute Gasteiger partial charge is 0.337 e. The molecule has 0 heterocycles. The van der Waals surface area contributed by atoms with Gasteiger partial charge in [0.25, 0.3) is 0 Å². The minimum absolute atomic E-state index is 0.00370. The number of methoxy groups -OCH3 is 2. The average molecular weight is 296 g/mol. The summed E-state index contributed by atoms with van der Waals surface area (Å²) in [6, 6.07) is 3.82. The van der Waals surface area contributed by atoms with E-state index in [9.17, 15) is 14.4 Å². The molecule has 0 saturated heterocycles. The second-order valence-electron chi connectivity index (χ2n) is 3.93. The van der Waals surface area contributed by atoms with E-state index in [2.05, 4.69) is 15.4 Å². The summed E-state index contributed by atoms with van der Waals surface area (Å²) < 4.78 is 9.66. The summed E-state index contributed by atoms with van der Waals surface area (Å²) in [6.45, 7) is 0.00370. The van der Waals surface area contributed by atoms with Crippen LogP contribution in [0, 0.1) is 0 Å². The lowest BCUT2D eigenvalue weighted by atomic mass is 10.2. The third-order valence-electron chi connectivity index (χ3n) is 2.50. The number of rotatable bonds is 6. The van der Waals surface area contributed by atoms with Crippen LogP contribution in [0.3, 0.4) is 0 Å². The second-order valence-corrected chi connectivity index (χ2v) is 3.93. The lowest BCUT2D eigenvalue weighted by Gasteiger charge is -2.11. The summed E-state index contributed by atoms with van der Waals surface area (Å²) >= 11 is 0. The predicted molar refractivity (Wildman–Crippen MR) is 73.6 cm³/mol. The van der Waals surface area contributed by atoms with Crippen LogP contribution in [0.5, 0.6) is 5.75 Å². The van der Waals surface area contributed by atoms with Crippen LogP contribution in [0.2, 0.25) is 0 Å². The van der Waals surface area contributed by atoms with Crippen LogP contribution in [0.1, 0.15) is 16.8 Å². The summed E-state index contributed by atoms with van der Waals surface area (Å²) in [5.41, 5.74) is 0.629. The molecule has 0 aliphatic heterocycles. The first-order chi connectivity index (χ1) is 9.97. The van der Waals surface area contributed by atoms with E-state index in [4.69, 9.17) is 9.84 Å². The van der Waals surface area contributed by atoms with Gasteiger partial charge in [-0.3, -0.25) is 4.79 Å². The van der Waals surface area contributed by atoms with E-state index in [0.717, 1.165) is 0 Å². The Balaban J connectivity index is 2.72. The highest BCUT2D eigenvalue weighted by molar-refractivity contribution is 5.94. The first-order valence-electron chi connectivity index (χ1n) is 6.01. The summed E-state index contributed by atoms with van der Waals surface area (Å²) in [7, 11) is 2.65. The van der Waals surface area contributed by atoms with Gasteiger partial charge in [-0.05, 0) is 18.2 Å². The zero-order valence-electron chi connectivity index (χ0n) is 11.6. The molecular weight excluding hydrogens is 280 g/mol. The van der Waals surface area contributed by atoms with Crippen LogP contribution < -0.4 is 15.4 Å². The molecule has 114 valence electrons. The van der Waals surface area contributed by atoms with Crippen molar-refractivity contribution < 1.29 is 29.0 Å². The summed E-state index contributed by atoms with van der Waals surface area (Å²) in [5.74, 6) is -1.24. The maximum atomic E-state index is 11.6. The number of benzene rings is 1. The Hall–Kier alpha value is -2.77. The molecule has 1 rings (SSSR count). The van der Waals surface area contributed by atoms with Gasteiger partial charge in [0.15, 0.2) is 0 Å². The summed E-state index contributed by atoms with van der Waals surface area (Å²) in [4.78, 5) is 33.3. The van der Waals surface area contributed by atoms with Crippen molar-refractivity contribution in [3.05, 3.63) is 23.8 Å². The topological polar surface area (TPSA) is 114 Å². The zero-order chi connectivity index (χ0) is 15.8. The van der Waals surface area contributed by atoms with Crippen LogP contribution in [0.25, 0.3) is 0 Å². The van der Waals surface area contributed by atoms with Crippen molar-refractivity contribution >= 4 is 23.7 Å². The number of carbonyl (C=O) groups is 3. The third-order valence-corrected chi connectivity index (χ3v) is 2.50. The first kappa shape index (κ1) is 16.3. The lowest BCUT2D eigenvalue weighted by molar-refractivity contribution is -0.136. The molecule has 0 radical (unpaired) electrons. The Bertz CT molecular complexity index is 543. The Kier molecular flexibility index (Phi) is 5.99. The monoisotopic (exact) mass is 296 g/mol. The van der Waals surface area contributed by atoms with Gasteiger partial charge in [-0.25, -0.2) is 9.59 Å². The van der Waals surface area contributed by atoms with Crippen molar-refractivity contribution in [2.75, 3.05) is 26.1 Å². The SMILES string of the molecule is COC(=O)c1ccc(NC(=O)NCCC(=O)O)c(OC)c1. The predicted octanol–water partition coefficient (Wildman–Crippen LogP) is 1.08. The number of hydrogen-bond donors (Lipinski definition) is 3. The highest BCUT2D eigenvalue weighted by Gasteiger charge is 2.12. The van der Waals surface area contributed by atoms with Crippen molar-refractivity contribution in [2.24, 2.45) is 0 Å². The van der Waals surface area contributed by atoms with Gasteiger partial charge in [-0.15, -0.1) is 0 Å². The molecule has 0 unspecified atom stereocenters. The van der Waals surface area contributed by atoms with Gasteiger partial charge < -0.3 is 25.2 Å². The Morgan fingerprint density at radius 2 is 1.95 bits per heavy atom. The van der Waals surface area contributed by atoms with Gasteiger partial charge in [0.05, 0.1) is 31.9 Å². The number of carboxylic acids is 1. The zero-order valence-corrected chi connectivity index (χ0v) is 11.6. The molecule has 0 spiro atoms. The van der Waals surface area contributed by atoms with Gasteiger partial charge in [-0.2, -0.15) is 0 Å². The molecule has 1 aromatic rings. The Morgan fingerprint density at radius 1 is 1.24 bits per heavy atom. The molecule has 0 fully saturated rings. The normalized spacial score (nSPS) is 9.62.